The third kappa shape index (κ3) is 2.06. The van der Waals surface area contributed by atoms with Gasteiger partial charge in [-0.3, -0.25) is 0 Å². The largest absolute Gasteiger partial charge is 0.478 e. The summed E-state index contributed by atoms with van der Waals surface area (Å²) >= 11 is 4.96. The predicted molar refractivity (Wildman–Crippen MR) is 76.7 cm³/mol. The summed E-state index contributed by atoms with van der Waals surface area (Å²) in [5, 5.41) is 9.12. The summed E-state index contributed by atoms with van der Waals surface area (Å²) in [6.45, 7) is 1.98. The van der Waals surface area contributed by atoms with E-state index >= 15 is 0 Å². The van der Waals surface area contributed by atoms with Crippen molar-refractivity contribution in [2.75, 3.05) is 0 Å². The minimum atomic E-state index is -1.02. The lowest BCUT2D eigenvalue weighted by molar-refractivity contribution is 0.0698. The first-order valence-corrected chi connectivity index (χ1v) is 7.06. The number of carboxylic acids is 1. The molecule has 0 atom stereocenters. The van der Waals surface area contributed by atoms with Gasteiger partial charge in [-0.05, 0) is 46.6 Å². The Labute approximate surface area is 120 Å². The molecule has 96 valence electrons. The molecular formula is C13H8BrNO3S. The van der Waals surface area contributed by atoms with E-state index in [1.54, 1.807) is 12.1 Å². The van der Waals surface area contributed by atoms with Crippen LogP contribution in [0.3, 0.4) is 0 Å². The fourth-order valence-corrected chi connectivity index (χ4v) is 3.25. The summed E-state index contributed by atoms with van der Waals surface area (Å²) < 4.78 is 6.63. The lowest BCUT2D eigenvalue weighted by Gasteiger charge is -1.92. The molecular weight excluding hydrogens is 330 g/mol. The summed E-state index contributed by atoms with van der Waals surface area (Å²) in [4.78, 5) is 16.3. The zero-order chi connectivity index (χ0) is 13.6. The van der Waals surface area contributed by atoms with Gasteiger partial charge in [-0.1, -0.05) is 6.07 Å². The van der Waals surface area contributed by atoms with E-state index in [1.807, 2.05) is 13.0 Å². The number of oxazole rings is 1. The molecule has 0 bridgehead atoms. The standard InChI is InChI=1S/C13H8BrNO3S/c1-6-5-9(19-11(6)14)12-15-8-4-2-3-7(13(16)17)10(8)18-12/h2-5H,1H3,(H,16,17). The van der Waals surface area contributed by atoms with E-state index in [-0.39, 0.29) is 5.56 Å². The molecule has 4 nitrogen and oxygen atoms in total. The second kappa shape index (κ2) is 4.47. The Hall–Kier alpha value is -1.66. The van der Waals surface area contributed by atoms with Crippen LogP contribution in [0, 0.1) is 6.92 Å². The van der Waals surface area contributed by atoms with Crippen LogP contribution in [0.5, 0.6) is 0 Å². The first-order valence-electron chi connectivity index (χ1n) is 5.45. The van der Waals surface area contributed by atoms with Crippen LogP contribution in [-0.2, 0) is 0 Å². The normalized spacial score (nSPS) is 11.1. The molecule has 6 heteroatoms. The Morgan fingerprint density at radius 1 is 1.47 bits per heavy atom. The van der Waals surface area contributed by atoms with Crippen LogP contribution in [-0.4, -0.2) is 16.1 Å². The molecule has 3 rings (SSSR count). The number of thiophene rings is 1. The van der Waals surface area contributed by atoms with E-state index in [1.165, 1.54) is 17.4 Å². The number of aromatic nitrogens is 1. The predicted octanol–water partition coefficient (Wildman–Crippen LogP) is 4.33. The molecule has 0 radical (unpaired) electrons. The highest BCUT2D eigenvalue weighted by Crippen LogP contribution is 2.36. The fourth-order valence-electron chi connectivity index (χ4n) is 1.79. The SMILES string of the molecule is Cc1cc(-c2nc3cccc(C(=O)O)c3o2)sc1Br. The summed E-state index contributed by atoms with van der Waals surface area (Å²) in [6.07, 6.45) is 0. The molecule has 0 unspecified atom stereocenters. The summed E-state index contributed by atoms with van der Waals surface area (Å²) in [6, 6.07) is 6.87. The molecule has 0 aliphatic rings. The number of nitrogens with zero attached hydrogens (tertiary/aromatic N) is 1. The quantitative estimate of drug-likeness (QED) is 0.756. The van der Waals surface area contributed by atoms with Gasteiger partial charge in [0.1, 0.15) is 11.1 Å². The maximum absolute atomic E-state index is 11.1. The Bertz CT molecular complexity index is 771. The fraction of sp³-hybridized carbons (Fsp3) is 0.0769. The van der Waals surface area contributed by atoms with Crippen molar-refractivity contribution in [2.45, 2.75) is 6.92 Å². The molecule has 0 fully saturated rings. The number of hydrogen-bond donors (Lipinski definition) is 1. The number of rotatable bonds is 2. The van der Waals surface area contributed by atoms with E-state index in [0.717, 1.165) is 14.2 Å². The van der Waals surface area contributed by atoms with Gasteiger partial charge in [-0.25, -0.2) is 9.78 Å². The van der Waals surface area contributed by atoms with E-state index in [0.29, 0.717) is 17.0 Å². The van der Waals surface area contributed by atoms with Gasteiger partial charge >= 0.3 is 5.97 Å². The molecule has 0 spiro atoms. The first-order chi connectivity index (χ1) is 9.06. The Morgan fingerprint density at radius 2 is 2.26 bits per heavy atom. The van der Waals surface area contributed by atoms with Crippen molar-refractivity contribution in [1.29, 1.82) is 0 Å². The number of aromatic carboxylic acids is 1. The second-order valence-electron chi connectivity index (χ2n) is 4.05. The third-order valence-corrected chi connectivity index (χ3v) is 4.84. The van der Waals surface area contributed by atoms with Crippen LogP contribution in [0.2, 0.25) is 0 Å². The van der Waals surface area contributed by atoms with E-state index in [9.17, 15) is 4.79 Å². The van der Waals surface area contributed by atoms with E-state index in [2.05, 4.69) is 20.9 Å². The minimum Gasteiger partial charge on any atom is -0.478 e. The number of carboxylic acid groups (broad SMARTS) is 1. The van der Waals surface area contributed by atoms with Gasteiger partial charge in [0.25, 0.3) is 0 Å². The number of hydrogen-bond acceptors (Lipinski definition) is 4. The van der Waals surface area contributed by atoms with Crippen molar-refractivity contribution in [1.82, 2.24) is 4.98 Å². The van der Waals surface area contributed by atoms with E-state index < -0.39 is 5.97 Å². The molecule has 3 aromatic rings. The molecule has 0 amide bonds. The second-order valence-corrected chi connectivity index (χ2v) is 6.42. The van der Waals surface area contributed by atoms with Crippen molar-refractivity contribution >= 4 is 44.3 Å². The van der Waals surface area contributed by atoms with Crippen LogP contribution in [0.4, 0.5) is 0 Å². The number of benzene rings is 1. The number of carbonyl (C=O) groups is 1. The Balaban J connectivity index is 2.21. The van der Waals surface area contributed by atoms with Gasteiger partial charge in [0, 0.05) is 0 Å². The smallest absolute Gasteiger partial charge is 0.339 e. The average Bonchev–Trinajstić information content (AvgIpc) is 2.93. The molecule has 0 aliphatic heterocycles. The van der Waals surface area contributed by atoms with Gasteiger partial charge < -0.3 is 9.52 Å². The van der Waals surface area contributed by atoms with Gasteiger partial charge in [0.05, 0.1) is 8.66 Å². The van der Waals surface area contributed by atoms with Crippen molar-refractivity contribution in [3.63, 3.8) is 0 Å². The molecule has 0 aliphatic carbocycles. The van der Waals surface area contributed by atoms with Crippen LogP contribution in [0.15, 0.2) is 32.5 Å². The van der Waals surface area contributed by atoms with Crippen LogP contribution in [0.1, 0.15) is 15.9 Å². The maximum atomic E-state index is 11.1. The van der Waals surface area contributed by atoms with E-state index in [4.69, 9.17) is 9.52 Å². The summed E-state index contributed by atoms with van der Waals surface area (Å²) in [7, 11) is 0. The molecule has 1 N–H and O–H groups in total. The van der Waals surface area contributed by atoms with Gasteiger partial charge in [-0.2, -0.15) is 0 Å². The van der Waals surface area contributed by atoms with Gasteiger partial charge in [0.15, 0.2) is 5.58 Å². The van der Waals surface area contributed by atoms with Crippen molar-refractivity contribution < 1.29 is 14.3 Å². The highest BCUT2D eigenvalue weighted by atomic mass is 79.9. The maximum Gasteiger partial charge on any atom is 0.339 e. The van der Waals surface area contributed by atoms with Gasteiger partial charge in [0.2, 0.25) is 5.89 Å². The van der Waals surface area contributed by atoms with Crippen molar-refractivity contribution in [3.05, 3.63) is 39.2 Å². The number of para-hydroxylation sites is 1. The molecule has 1 aromatic carbocycles. The van der Waals surface area contributed by atoms with Crippen LogP contribution >= 0.6 is 27.3 Å². The Kier molecular flexibility index (Phi) is 2.91. The molecule has 0 saturated carbocycles. The van der Waals surface area contributed by atoms with Gasteiger partial charge in [-0.15, -0.1) is 11.3 Å². The highest BCUT2D eigenvalue weighted by molar-refractivity contribution is 9.11. The topological polar surface area (TPSA) is 63.3 Å². The summed E-state index contributed by atoms with van der Waals surface area (Å²) in [5.74, 6) is -0.570. The van der Waals surface area contributed by atoms with Crippen molar-refractivity contribution in [3.8, 4) is 10.8 Å². The number of aryl methyl sites for hydroxylation is 1. The zero-order valence-corrected chi connectivity index (χ0v) is 12.2. The molecule has 0 saturated heterocycles. The van der Waals surface area contributed by atoms with Crippen molar-refractivity contribution in [2.24, 2.45) is 0 Å². The third-order valence-electron chi connectivity index (χ3n) is 2.71. The minimum absolute atomic E-state index is 0.128. The van der Waals surface area contributed by atoms with Crippen LogP contribution in [0.25, 0.3) is 21.9 Å². The first kappa shape index (κ1) is 12.4. The monoisotopic (exact) mass is 337 g/mol. The van der Waals surface area contributed by atoms with Crippen LogP contribution < -0.4 is 0 Å². The number of fused-ring (bicyclic) bond motifs is 1. The lowest BCUT2D eigenvalue weighted by Crippen LogP contribution is -1.95. The zero-order valence-electron chi connectivity index (χ0n) is 9.81. The average molecular weight is 338 g/mol. The lowest BCUT2D eigenvalue weighted by atomic mass is 10.2. The highest BCUT2D eigenvalue weighted by Gasteiger charge is 2.17. The molecule has 2 aromatic heterocycles. The molecule has 2 heterocycles. The summed E-state index contributed by atoms with van der Waals surface area (Å²) in [5.41, 5.74) is 2.09. The Morgan fingerprint density at radius 3 is 2.89 bits per heavy atom. The molecule has 19 heavy (non-hydrogen) atoms. The number of halogens is 1.